The summed E-state index contributed by atoms with van der Waals surface area (Å²) in [6, 6.07) is 17.7. The topological polar surface area (TPSA) is 58.4 Å². The fourth-order valence-electron chi connectivity index (χ4n) is 3.73. The number of nitrogens with zero attached hydrogens (tertiary/aromatic N) is 1. The number of anilines is 2. The van der Waals surface area contributed by atoms with E-state index < -0.39 is 0 Å². The van der Waals surface area contributed by atoms with Gasteiger partial charge in [0.15, 0.2) is 0 Å². The summed E-state index contributed by atoms with van der Waals surface area (Å²) in [7, 11) is 0. The van der Waals surface area contributed by atoms with Gasteiger partial charge in [-0.1, -0.05) is 29.8 Å². The van der Waals surface area contributed by atoms with Crippen LogP contribution in [-0.4, -0.2) is 12.5 Å². The van der Waals surface area contributed by atoms with Crippen LogP contribution in [0.25, 0.3) is 0 Å². The Bertz CT molecular complexity index is 1070. The number of fused-ring (bicyclic) bond motifs is 1. The monoisotopic (exact) mass is 441 g/mol. The molecule has 4 rings (SSSR count). The standard InChI is InChI=1S/C23H21ClFN3OS/c24-21-4-2-1-3-15(21)12-23(29)27-18-11-16-14-28(19-7-5-17(25)6-8-19)10-9-20(16)22(13-18)30-26/h1-8,11,13H,9-10,12,14,26H2,(H,27,29). The van der Waals surface area contributed by atoms with Gasteiger partial charge in [-0.25, -0.2) is 4.39 Å². The fraction of sp³-hybridized carbons (Fsp3) is 0.174. The fourth-order valence-corrected chi connectivity index (χ4v) is 4.50. The number of amides is 1. The molecule has 0 atom stereocenters. The lowest BCUT2D eigenvalue weighted by Crippen LogP contribution is -2.31. The Balaban J connectivity index is 1.54. The number of rotatable bonds is 5. The summed E-state index contributed by atoms with van der Waals surface area (Å²) in [6.07, 6.45) is 1.03. The van der Waals surface area contributed by atoms with Crippen LogP contribution in [0.15, 0.2) is 65.6 Å². The molecule has 0 aromatic heterocycles. The van der Waals surface area contributed by atoms with E-state index in [4.69, 9.17) is 16.7 Å². The molecule has 7 heteroatoms. The lowest BCUT2D eigenvalue weighted by molar-refractivity contribution is -0.115. The van der Waals surface area contributed by atoms with E-state index in [2.05, 4.69) is 10.2 Å². The molecule has 0 radical (unpaired) electrons. The summed E-state index contributed by atoms with van der Waals surface area (Å²) in [5.41, 5.74) is 4.77. The second-order valence-electron chi connectivity index (χ2n) is 7.19. The Kier molecular flexibility index (Phi) is 6.27. The first-order valence-electron chi connectivity index (χ1n) is 9.60. The highest BCUT2D eigenvalue weighted by molar-refractivity contribution is 7.97. The van der Waals surface area contributed by atoms with Crippen molar-refractivity contribution in [2.24, 2.45) is 5.14 Å². The van der Waals surface area contributed by atoms with Crippen molar-refractivity contribution in [1.29, 1.82) is 0 Å². The predicted octanol–water partition coefficient (Wildman–Crippen LogP) is 5.19. The summed E-state index contributed by atoms with van der Waals surface area (Å²) in [6.45, 7) is 1.49. The number of nitrogens with one attached hydrogen (secondary N) is 1. The maximum absolute atomic E-state index is 13.3. The Morgan fingerprint density at radius 2 is 1.93 bits per heavy atom. The van der Waals surface area contributed by atoms with Gasteiger partial charge in [0.25, 0.3) is 0 Å². The summed E-state index contributed by atoms with van der Waals surface area (Å²) in [4.78, 5) is 15.7. The van der Waals surface area contributed by atoms with Crippen molar-refractivity contribution in [2.45, 2.75) is 24.3 Å². The van der Waals surface area contributed by atoms with E-state index in [0.29, 0.717) is 17.3 Å². The summed E-state index contributed by atoms with van der Waals surface area (Å²) in [5.74, 6) is -0.385. The van der Waals surface area contributed by atoms with E-state index in [1.165, 1.54) is 29.6 Å². The third-order valence-electron chi connectivity index (χ3n) is 5.21. The van der Waals surface area contributed by atoms with Gasteiger partial charge in [-0.05, 0) is 77.5 Å². The number of benzene rings is 3. The smallest absolute Gasteiger partial charge is 0.228 e. The average molecular weight is 442 g/mol. The number of hydrogen-bond acceptors (Lipinski definition) is 4. The Hall–Kier alpha value is -2.54. The molecule has 3 N–H and O–H groups in total. The van der Waals surface area contributed by atoms with Gasteiger partial charge in [-0.2, -0.15) is 0 Å². The zero-order chi connectivity index (χ0) is 21.1. The van der Waals surface area contributed by atoms with E-state index >= 15 is 0 Å². The maximum atomic E-state index is 13.3. The third kappa shape index (κ3) is 4.61. The maximum Gasteiger partial charge on any atom is 0.228 e. The highest BCUT2D eigenvalue weighted by Crippen LogP contribution is 2.33. The molecule has 1 aliphatic rings. The van der Waals surface area contributed by atoms with Gasteiger partial charge in [0.1, 0.15) is 5.82 Å². The highest BCUT2D eigenvalue weighted by Gasteiger charge is 2.21. The van der Waals surface area contributed by atoms with E-state index in [0.717, 1.165) is 34.7 Å². The van der Waals surface area contributed by atoms with Gasteiger partial charge >= 0.3 is 0 Å². The van der Waals surface area contributed by atoms with Gasteiger partial charge in [0.2, 0.25) is 5.91 Å². The number of hydrogen-bond donors (Lipinski definition) is 2. The molecule has 0 bridgehead atoms. The largest absolute Gasteiger partial charge is 0.367 e. The van der Waals surface area contributed by atoms with Crippen LogP contribution < -0.4 is 15.4 Å². The number of carbonyl (C=O) groups is 1. The zero-order valence-corrected chi connectivity index (χ0v) is 17.8. The predicted molar refractivity (Wildman–Crippen MR) is 121 cm³/mol. The Morgan fingerprint density at radius 1 is 1.17 bits per heavy atom. The summed E-state index contributed by atoms with van der Waals surface area (Å²) in [5, 5.41) is 9.46. The Morgan fingerprint density at radius 3 is 2.67 bits per heavy atom. The molecule has 1 amide bonds. The molecule has 0 spiro atoms. The van der Waals surface area contributed by atoms with E-state index in [-0.39, 0.29) is 18.1 Å². The number of halogens is 2. The van der Waals surface area contributed by atoms with E-state index in [1.54, 1.807) is 18.2 Å². The molecular formula is C23H21ClFN3OS. The van der Waals surface area contributed by atoms with Crippen LogP contribution in [0.4, 0.5) is 15.8 Å². The van der Waals surface area contributed by atoms with Crippen molar-refractivity contribution < 1.29 is 9.18 Å². The zero-order valence-electron chi connectivity index (χ0n) is 16.2. The van der Waals surface area contributed by atoms with Crippen LogP contribution in [0.1, 0.15) is 16.7 Å². The van der Waals surface area contributed by atoms with Gasteiger partial charge in [-0.15, -0.1) is 0 Å². The molecule has 0 aliphatic carbocycles. The molecule has 0 fully saturated rings. The van der Waals surface area contributed by atoms with Crippen LogP contribution in [0.2, 0.25) is 5.02 Å². The van der Waals surface area contributed by atoms with E-state index in [9.17, 15) is 9.18 Å². The van der Waals surface area contributed by atoms with Gasteiger partial charge in [-0.3, -0.25) is 9.93 Å². The molecule has 4 nitrogen and oxygen atoms in total. The SMILES string of the molecule is NSc1cc(NC(=O)Cc2ccccc2Cl)cc2c1CCN(c1ccc(F)cc1)C2. The molecule has 0 saturated carbocycles. The van der Waals surface area contributed by atoms with Crippen molar-refractivity contribution >= 4 is 40.8 Å². The molecule has 0 saturated heterocycles. The van der Waals surface area contributed by atoms with Crippen LogP contribution in [0.5, 0.6) is 0 Å². The van der Waals surface area contributed by atoms with Crippen LogP contribution in [-0.2, 0) is 24.2 Å². The van der Waals surface area contributed by atoms with Gasteiger partial charge < -0.3 is 10.2 Å². The quantitative estimate of drug-likeness (QED) is 0.535. The van der Waals surface area contributed by atoms with Crippen LogP contribution >= 0.6 is 23.5 Å². The summed E-state index contributed by atoms with van der Waals surface area (Å²) >= 11 is 7.36. The van der Waals surface area contributed by atoms with Gasteiger partial charge in [0, 0.05) is 34.4 Å². The molecule has 1 aliphatic heterocycles. The molecular weight excluding hydrogens is 421 g/mol. The van der Waals surface area contributed by atoms with Crippen molar-refractivity contribution in [1.82, 2.24) is 0 Å². The van der Waals surface area contributed by atoms with Crippen LogP contribution in [0, 0.1) is 5.82 Å². The first kappa shape index (κ1) is 20.7. The normalized spacial score (nSPS) is 13.1. The average Bonchev–Trinajstić information content (AvgIpc) is 2.75. The van der Waals surface area contributed by atoms with Crippen molar-refractivity contribution in [3.05, 3.63) is 88.2 Å². The number of carbonyl (C=O) groups excluding carboxylic acids is 1. The van der Waals surface area contributed by atoms with Crippen molar-refractivity contribution in [3.8, 4) is 0 Å². The van der Waals surface area contributed by atoms with E-state index in [1.807, 2.05) is 30.3 Å². The van der Waals surface area contributed by atoms with Crippen molar-refractivity contribution in [2.75, 3.05) is 16.8 Å². The minimum atomic E-state index is -0.249. The highest BCUT2D eigenvalue weighted by atomic mass is 35.5. The molecule has 0 unspecified atom stereocenters. The Labute approximate surface area is 184 Å². The molecule has 3 aromatic carbocycles. The second kappa shape index (κ2) is 9.08. The first-order valence-corrected chi connectivity index (χ1v) is 10.9. The summed E-state index contributed by atoms with van der Waals surface area (Å²) < 4.78 is 13.3. The third-order valence-corrected chi connectivity index (χ3v) is 6.19. The molecule has 30 heavy (non-hydrogen) atoms. The van der Waals surface area contributed by atoms with Gasteiger partial charge in [0.05, 0.1) is 6.42 Å². The van der Waals surface area contributed by atoms with Crippen LogP contribution in [0.3, 0.4) is 0 Å². The number of nitrogens with two attached hydrogens (primary N) is 1. The minimum Gasteiger partial charge on any atom is -0.367 e. The first-order chi connectivity index (χ1) is 14.5. The lowest BCUT2D eigenvalue weighted by Gasteiger charge is -2.32. The van der Waals surface area contributed by atoms with Crippen molar-refractivity contribution in [3.63, 3.8) is 0 Å². The molecule has 3 aromatic rings. The molecule has 1 heterocycles. The molecule has 154 valence electrons. The lowest BCUT2D eigenvalue weighted by atomic mass is 9.98. The second-order valence-corrected chi connectivity index (χ2v) is 8.28. The minimum absolute atomic E-state index is 0.137.